The molecule has 1 aliphatic heterocycles. The van der Waals surface area contributed by atoms with Crippen LogP contribution in [-0.2, 0) is 10.9 Å². The molecule has 0 radical (unpaired) electrons. The number of halogens is 3. The maximum Gasteiger partial charge on any atom is 0.416 e. The Morgan fingerprint density at radius 3 is 2.68 bits per heavy atom. The average Bonchev–Trinajstić information content (AvgIpc) is 2.61. The van der Waals surface area contributed by atoms with Crippen LogP contribution in [-0.4, -0.2) is 23.5 Å². The second-order valence-electron chi connectivity index (χ2n) is 5.36. The molecule has 0 spiro atoms. The number of carboxylic acids is 1. The van der Waals surface area contributed by atoms with Crippen LogP contribution in [0.3, 0.4) is 0 Å². The third-order valence-corrected chi connectivity index (χ3v) is 3.68. The van der Waals surface area contributed by atoms with Gasteiger partial charge in [-0.3, -0.25) is 0 Å². The highest BCUT2D eigenvalue weighted by Gasteiger charge is 2.36. The topological polar surface area (TPSA) is 70.9 Å². The Balaban J connectivity index is 1.91. The van der Waals surface area contributed by atoms with Gasteiger partial charge < -0.3 is 15.3 Å². The number of hydrogen-bond acceptors (Lipinski definition) is 4. The number of nitrogens with zero attached hydrogens (tertiary/aromatic N) is 1. The predicted molar refractivity (Wildman–Crippen MR) is 83.2 cm³/mol. The smallest absolute Gasteiger partial charge is 0.416 e. The van der Waals surface area contributed by atoms with Crippen molar-refractivity contribution in [2.24, 2.45) is 5.10 Å². The highest BCUT2D eigenvalue weighted by molar-refractivity contribution is 5.97. The molecule has 5 nitrogen and oxygen atoms in total. The minimum absolute atomic E-state index is 0.00992. The van der Waals surface area contributed by atoms with Gasteiger partial charge in [-0.05, 0) is 24.3 Å². The fourth-order valence-corrected chi connectivity index (χ4v) is 2.53. The normalized spacial score (nSPS) is 17.2. The Morgan fingerprint density at radius 1 is 1.20 bits per heavy atom. The summed E-state index contributed by atoms with van der Waals surface area (Å²) in [6, 6.07) is 11.0. The highest BCUT2D eigenvalue weighted by Crippen LogP contribution is 2.36. The highest BCUT2D eigenvalue weighted by atomic mass is 19.4. The zero-order valence-electron chi connectivity index (χ0n) is 12.7. The Morgan fingerprint density at radius 2 is 1.96 bits per heavy atom. The van der Waals surface area contributed by atoms with Crippen molar-refractivity contribution < 1.29 is 27.8 Å². The molecular formula is C17H13F3N2O3. The minimum atomic E-state index is -4.50. The molecule has 1 unspecified atom stereocenters. The van der Waals surface area contributed by atoms with Crippen LogP contribution < -0.4 is 5.43 Å². The second kappa shape index (κ2) is 6.46. The Labute approximate surface area is 140 Å². The van der Waals surface area contributed by atoms with Crippen molar-refractivity contribution in [1.29, 1.82) is 0 Å². The Kier molecular flexibility index (Phi) is 4.35. The van der Waals surface area contributed by atoms with Crippen LogP contribution in [0, 0.1) is 0 Å². The number of hydrogen-bond donors (Lipinski definition) is 2. The predicted octanol–water partition coefficient (Wildman–Crippen LogP) is 3.43. The van der Waals surface area contributed by atoms with E-state index in [1.807, 2.05) is 0 Å². The molecule has 2 aromatic carbocycles. The van der Waals surface area contributed by atoms with E-state index in [1.165, 1.54) is 36.4 Å². The molecule has 0 amide bonds. The lowest BCUT2D eigenvalue weighted by atomic mass is 10.0. The number of carboxylic acid groups (broad SMARTS) is 1. The molecule has 8 heteroatoms. The van der Waals surface area contributed by atoms with Gasteiger partial charge in [0.05, 0.1) is 17.7 Å². The lowest BCUT2D eigenvalue weighted by Crippen LogP contribution is -2.31. The van der Waals surface area contributed by atoms with Crippen LogP contribution in [0.1, 0.15) is 33.2 Å². The zero-order valence-corrected chi connectivity index (χ0v) is 12.7. The number of alkyl halides is 3. The maximum absolute atomic E-state index is 13.2. The van der Waals surface area contributed by atoms with E-state index < -0.39 is 23.8 Å². The molecular weight excluding hydrogens is 337 g/mol. The van der Waals surface area contributed by atoms with E-state index in [4.69, 9.17) is 9.84 Å². The van der Waals surface area contributed by atoms with Gasteiger partial charge >= 0.3 is 12.1 Å². The first-order valence-corrected chi connectivity index (χ1v) is 7.33. The minimum Gasteiger partial charge on any atom is -0.478 e. The summed E-state index contributed by atoms with van der Waals surface area (Å²) in [5.41, 5.74) is 2.26. The summed E-state index contributed by atoms with van der Waals surface area (Å²) < 4.78 is 45.2. The van der Waals surface area contributed by atoms with Crippen molar-refractivity contribution in [3.8, 4) is 0 Å². The van der Waals surface area contributed by atoms with Gasteiger partial charge in [0, 0.05) is 11.1 Å². The van der Waals surface area contributed by atoms with Crippen molar-refractivity contribution in [3.63, 3.8) is 0 Å². The zero-order chi connectivity index (χ0) is 18.0. The van der Waals surface area contributed by atoms with E-state index >= 15 is 0 Å². The molecule has 0 aliphatic carbocycles. The molecule has 2 N–H and O–H groups in total. The molecule has 130 valence electrons. The summed E-state index contributed by atoms with van der Waals surface area (Å²) in [6.07, 6.45) is -5.41. The monoisotopic (exact) mass is 350 g/mol. The molecule has 1 heterocycles. The van der Waals surface area contributed by atoms with Gasteiger partial charge in [-0.15, -0.1) is 5.10 Å². The number of carbonyl (C=O) groups is 1. The molecule has 0 saturated heterocycles. The summed E-state index contributed by atoms with van der Waals surface area (Å²) >= 11 is 0. The van der Waals surface area contributed by atoms with Gasteiger partial charge in [-0.2, -0.15) is 13.2 Å². The first-order valence-electron chi connectivity index (χ1n) is 7.33. The molecule has 0 bridgehead atoms. The SMILES string of the molecule is O=C(O)c1cccc(C2=NNCC(c3ccccc3C(F)(F)F)O2)c1. The van der Waals surface area contributed by atoms with Crippen LogP contribution in [0.4, 0.5) is 13.2 Å². The lowest BCUT2D eigenvalue weighted by molar-refractivity contribution is -0.139. The number of aromatic carboxylic acids is 1. The quantitative estimate of drug-likeness (QED) is 0.890. The van der Waals surface area contributed by atoms with Gasteiger partial charge in [0.25, 0.3) is 0 Å². The number of hydrazone groups is 1. The van der Waals surface area contributed by atoms with E-state index in [-0.39, 0.29) is 23.6 Å². The van der Waals surface area contributed by atoms with Crippen LogP contribution >= 0.6 is 0 Å². The molecule has 1 atom stereocenters. The van der Waals surface area contributed by atoms with E-state index in [2.05, 4.69) is 10.5 Å². The molecule has 3 rings (SSSR count). The standard InChI is InChI=1S/C17H13F3N2O3/c18-17(19,20)13-7-2-1-6-12(13)14-9-21-22-15(25-14)10-4-3-5-11(8-10)16(23)24/h1-8,14,21H,9H2,(H,23,24). The van der Waals surface area contributed by atoms with Crippen molar-refractivity contribution in [2.75, 3.05) is 6.54 Å². The average molecular weight is 350 g/mol. The van der Waals surface area contributed by atoms with Gasteiger partial charge in [-0.1, -0.05) is 24.3 Å². The molecule has 1 aliphatic rings. The van der Waals surface area contributed by atoms with E-state index in [0.29, 0.717) is 5.56 Å². The van der Waals surface area contributed by atoms with Crippen LogP contribution in [0.15, 0.2) is 53.6 Å². The maximum atomic E-state index is 13.2. The summed E-state index contributed by atoms with van der Waals surface area (Å²) in [5, 5.41) is 13.0. The summed E-state index contributed by atoms with van der Waals surface area (Å²) in [7, 11) is 0. The Hall–Kier alpha value is -3.03. The van der Waals surface area contributed by atoms with Crippen molar-refractivity contribution >= 4 is 11.9 Å². The van der Waals surface area contributed by atoms with E-state index in [0.717, 1.165) is 6.07 Å². The third kappa shape index (κ3) is 3.57. The van der Waals surface area contributed by atoms with E-state index in [1.54, 1.807) is 6.07 Å². The van der Waals surface area contributed by atoms with Crippen LogP contribution in [0.25, 0.3) is 0 Å². The largest absolute Gasteiger partial charge is 0.478 e. The first kappa shape index (κ1) is 16.8. The van der Waals surface area contributed by atoms with Gasteiger partial charge in [0.1, 0.15) is 6.10 Å². The molecule has 25 heavy (non-hydrogen) atoms. The molecule has 0 fully saturated rings. The van der Waals surface area contributed by atoms with E-state index in [9.17, 15) is 18.0 Å². The molecule has 2 aromatic rings. The lowest BCUT2D eigenvalue weighted by Gasteiger charge is -2.27. The van der Waals surface area contributed by atoms with Crippen molar-refractivity contribution in [1.82, 2.24) is 5.43 Å². The van der Waals surface area contributed by atoms with Gasteiger partial charge in [0.2, 0.25) is 5.90 Å². The fraction of sp³-hybridized carbons (Fsp3) is 0.176. The van der Waals surface area contributed by atoms with Gasteiger partial charge in [-0.25, -0.2) is 4.79 Å². The number of nitrogens with one attached hydrogen (secondary N) is 1. The summed E-state index contributed by atoms with van der Waals surface area (Å²) in [4.78, 5) is 11.1. The molecule has 0 saturated carbocycles. The number of benzene rings is 2. The van der Waals surface area contributed by atoms with Gasteiger partial charge in [0.15, 0.2) is 0 Å². The number of rotatable bonds is 3. The first-order chi connectivity index (χ1) is 11.9. The Bertz CT molecular complexity index is 834. The van der Waals surface area contributed by atoms with Crippen LogP contribution in [0.2, 0.25) is 0 Å². The fourth-order valence-electron chi connectivity index (χ4n) is 2.53. The summed E-state index contributed by atoms with van der Waals surface area (Å²) in [6.45, 7) is 0.0647. The molecule has 0 aromatic heterocycles. The second-order valence-corrected chi connectivity index (χ2v) is 5.36. The van der Waals surface area contributed by atoms with Crippen molar-refractivity contribution in [2.45, 2.75) is 12.3 Å². The van der Waals surface area contributed by atoms with Crippen molar-refractivity contribution in [3.05, 3.63) is 70.8 Å². The number of ether oxygens (including phenoxy) is 1. The van der Waals surface area contributed by atoms with Crippen LogP contribution in [0.5, 0.6) is 0 Å². The third-order valence-electron chi connectivity index (χ3n) is 3.68. The summed E-state index contributed by atoms with van der Waals surface area (Å²) in [5.74, 6) is -1.08.